The molecule has 7 heteroatoms. The molecule has 1 aromatic rings. The number of carbonyl (C=O) groups excluding carboxylic acids is 3. The number of fused-ring (bicyclic) bond motifs is 3. The van der Waals surface area contributed by atoms with E-state index >= 15 is 0 Å². The Bertz CT molecular complexity index is 895. The van der Waals surface area contributed by atoms with Crippen LogP contribution in [-0.2, 0) is 24.5 Å². The van der Waals surface area contributed by atoms with E-state index in [1.807, 2.05) is 0 Å². The van der Waals surface area contributed by atoms with Crippen LogP contribution in [0.3, 0.4) is 0 Å². The minimum atomic E-state index is -0.673. The number of hydrogen-bond donors (Lipinski definition) is 0. The molecule has 4 aliphatic rings. The first-order chi connectivity index (χ1) is 15.5. The summed E-state index contributed by atoms with van der Waals surface area (Å²) >= 11 is 3.51. The molecule has 1 atom stereocenters. The molecule has 0 spiro atoms. The Balaban J connectivity index is 1.33. The van der Waals surface area contributed by atoms with Crippen LogP contribution in [0.25, 0.3) is 0 Å². The monoisotopic (exact) mass is 519 g/mol. The first-order valence-corrected chi connectivity index (χ1v) is 12.8. The molecule has 3 saturated carbocycles. The standard InChI is InChI=1S/C26H34BrNO5/c1-24(2,3)33-23(31)28-16-4-5-20(28)22(30)32-17-21(29)26-13-10-25(11-14-26,12-15-26)18-6-8-19(27)9-7-18/h6-9,20H,4-5,10-17H2,1-3H3/t20-,25?,26?/m0/s1. The average molecular weight is 520 g/mol. The van der Waals surface area contributed by atoms with Crippen molar-refractivity contribution in [2.24, 2.45) is 5.41 Å². The number of hydrogen-bond acceptors (Lipinski definition) is 5. The van der Waals surface area contributed by atoms with Gasteiger partial charge in [-0.1, -0.05) is 28.1 Å². The van der Waals surface area contributed by atoms with E-state index in [0.717, 1.165) is 49.4 Å². The second kappa shape index (κ2) is 9.05. The van der Waals surface area contributed by atoms with E-state index in [2.05, 4.69) is 40.2 Å². The van der Waals surface area contributed by atoms with Crippen molar-refractivity contribution in [2.45, 2.75) is 89.2 Å². The largest absolute Gasteiger partial charge is 0.456 e. The smallest absolute Gasteiger partial charge is 0.411 e. The molecular weight excluding hydrogens is 486 g/mol. The first kappa shape index (κ1) is 24.2. The predicted molar refractivity (Wildman–Crippen MR) is 128 cm³/mol. The number of nitrogens with zero attached hydrogens (tertiary/aromatic N) is 1. The number of likely N-dealkylation sites (tertiary alicyclic amines) is 1. The van der Waals surface area contributed by atoms with Crippen LogP contribution in [0.5, 0.6) is 0 Å². The number of benzene rings is 1. The molecule has 2 bridgehead atoms. The molecule has 5 rings (SSSR count). The van der Waals surface area contributed by atoms with Crippen molar-refractivity contribution in [3.8, 4) is 0 Å². The van der Waals surface area contributed by atoms with Crippen LogP contribution in [0, 0.1) is 5.41 Å². The first-order valence-electron chi connectivity index (χ1n) is 12.0. The third-order valence-corrected chi connectivity index (χ3v) is 8.32. The van der Waals surface area contributed by atoms with Gasteiger partial charge in [0.1, 0.15) is 11.6 Å². The Morgan fingerprint density at radius 3 is 2.21 bits per heavy atom. The van der Waals surface area contributed by atoms with Gasteiger partial charge in [-0.25, -0.2) is 9.59 Å². The molecule has 4 fully saturated rings. The zero-order valence-electron chi connectivity index (χ0n) is 19.8. The molecule has 33 heavy (non-hydrogen) atoms. The van der Waals surface area contributed by atoms with Crippen LogP contribution < -0.4 is 0 Å². The fourth-order valence-corrected chi connectivity index (χ4v) is 6.04. The number of amides is 1. The Hall–Kier alpha value is -1.89. The SMILES string of the molecule is CC(C)(C)OC(=O)N1CCC[C@H]1C(=O)OCC(=O)C12CCC(c3ccc(Br)cc3)(CC1)CC2. The van der Waals surface area contributed by atoms with Gasteiger partial charge in [-0.15, -0.1) is 0 Å². The highest BCUT2D eigenvalue weighted by Gasteiger charge is 2.52. The van der Waals surface area contributed by atoms with Crippen LogP contribution in [0.4, 0.5) is 4.79 Å². The second-order valence-electron chi connectivity index (χ2n) is 10.9. The molecule has 1 aliphatic heterocycles. The average Bonchev–Trinajstić information content (AvgIpc) is 3.28. The van der Waals surface area contributed by atoms with E-state index in [1.165, 1.54) is 10.5 Å². The number of halogens is 1. The van der Waals surface area contributed by atoms with Gasteiger partial charge in [-0.05, 0) is 95.2 Å². The zero-order chi connectivity index (χ0) is 23.9. The maximum atomic E-state index is 13.2. The molecule has 180 valence electrons. The molecule has 1 amide bonds. The Labute approximate surface area is 204 Å². The maximum Gasteiger partial charge on any atom is 0.411 e. The lowest BCUT2D eigenvalue weighted by molar-refractivity contribution is -0.157. The number of ketones is 1. The molecule has 1 aromatic carbocycles. The van der Waals surface area contributed by atoms with Gasteiger partial charge in [-0.3, -0.25) is 9.69 Å². The molecule has 0 radical (unpaired) electrons. The summed E-state index contributed by atoms with van der Waals surface area (Å²) < 4.78 is 12.0. The molecular formula is C26H34BrNO5. The molecule has 6 nitrogen and oxygen atoms in total. The summed E-state index contributed by atoms with van der Waals surface area (Å²) in [5, 5.41) is 0. The number of carbonyl (C=O) groups is 3. The Morgan fingerprint density at radius 1 is 1.03 bits per heavy atom. The lowest BCUT2D eigenvalue weighted by Gasteiger charge is -2.53. The lowest BCUT2D eigenvalue weighted by Crippen LogP contribution is -2.49. The lowest BCUT2D eigenvalue weighted by atomic mass is 9.51. The van der Waals surface area contributed by atoms with Gasteiger partial charge in [0.2, 0.25) is 0 Å². The van der Waals surface area contributed by atoms with Crippen LogP contribution in [-0.4, -0.2) is 47.5 Å². The second-order valence-corrected chi connectivity index (χ2v) is 11.8. The highest BCUT2D eigenvalue weighted by molar-refractivity contribution is 9.10. The summed E-state index contributed by atoms with van der Waals surface area (Å²) in [6.07, 6.45) is 6.24. The number of ether oxygens (including phenoxy) is 2. The molecule has 0 aromatic heterocycles. The molecule has 0 unspecified atom stereocenters. The summed E-state index contributed by atoms with van der Waals surface area (Å²) in [6.45, 7) is 5.65. The zero-order valence-corrected chi connectivity index (χ0v) is 21.4. The van der Waals surface area contributed by atoms with Gasteiger partial charge < -0.3 is 9.47 Å². The quantitative estimate of drug-likeness (QED) is 0.476. The van der Waals surface area contributed by atoms with E-state index in [9.17, 15) is 14.4 Å². The van der Waals surface area contributed by atoms with Crippen molar-refractivity contribution in [1.29, 1.82) is 0 Å². The van der Waals surface area contributed by atoms with Crippen LogP contribution in [0.1, 0.15) is 77.7 Å². The van der Waals surface area contributed by atoms with Gasteiger partial charge in [-0.2, -0.15) is 0 Å². The Morgan fingerprint density at radius 2 is 1.64 bits per heavy atom. The normalized spacial score (nSPS) is 29.1. The highest BCUT2D eigenvalue weighted by atomic mass is 79.9. The van der Waals surface area contributed by atoms with Crippen molar-refractivity contribution >= 4 is 33.8 Å². The summed E-state index contributed by atoms with van der Waals surface area (Å²) in [5.74, 6) is -0.472. The van der Waals surface area contributed by atoms with Crippen molar-refractivity contribution in [3.63, 3.8) is 0 Å². The van der Waals surface area contributed by atoms with Gasteiger partial charge in [0.05, 0.1) is 0 Å². The van der Waals surface area contributed by atoms with Crippen LogP contribution in [0.15, 0.2) is 28.7 Å². The number of rotatable bonds is 5. The topological polar surface area (TPSA) is 72.9 Å². The fraction of sp³-hybridized carbons (Fsp3) is 0.654. The van der Waals surface area contributed by atoms with Crippen molar-refractivity contribution in [1.82, 2.24) is 4.90 Å². The number of Topliss-reactive ketones (excluding diaryl/α,β-unsaturated/α-hetero) is 1. The highest BCUT2D eigenvalue weighted by Crippen LogP contribution is 2.58. The number of esters is 1. The van der Waals surface area contributed by atoms with E-state index in [0.29, 0.717) is 13.0 Å². The Kier molecular flexibility index (Phi) is 6.64. The van der Waals surface area contributed by atoms with Crippen LogP contribution >= 0.6 is 15.9 Å². The molecule has 3 aliphatic carbocycles. The molecule has 1 saturated heterocycles. The minimum absolute atomic E-state index is 0.0294. The summed E-state index contributed by atoms with van der Waals surface area (Å²) in [6, 6.07) is 7.91. The third kappa shape index (κ3) is 4.98. The molecule has 0 N–H and O–H groups in total. The molecule has 1 heterocycles. The van der Waals surface area contributed by atoms with Gasteiger partial charge >= 0.3 is 12.1 Å². The summed E-state index contributed by atoms with van der Waals surface area (Å²) in [5.41, 5.74) is 0.521. The summed E-state index contributed by atoms with van der Waals surface area (Å²) in [4.78, 5) is 39.8. The maximum absolute atomic E-state index is 13.2. The van der Waals surface area contributed by atoms with Crippen molar-refractivity contribution < 1.29 is 23.9 Å². The minimum Gasteiger partial charge on any atom is -0.456 e. The third-order valence-electron chi connectivity index (χ3n) is 7.79. The van der Waals surface area contributed by atoms with Gasteiger partial charge in [0.15, 0.2) is 12.4 Å². The fourth-order valence-electron chi connectivity index (χ4n) is 5.78. The van der Waals surface area contributed by atoms with Crippen LogP contribution in [0.2, 0.25) is 0 Å². The van der Waals surface area contributed by atoms with Gasteiger partial charge in [0, 0.05) is 16.4 Å². The van der Waals surface area contributed by atoms with E-state index in [-0.39, 0.29) is 23.2 Å². The summed E-state index contributed by atoms with van der Waals surface area (Å²) in [7, 11) is 0. The predicted octanol–water partition coefficient (Wildman–Crippen LogP) is 5.55. The van der Waals surface area contributed by atoms with Crippen molar-refractivity contribution in [3.05, 3.63) is 34.3 Å². The van der Waals surface area contributed by atoms with E-state index in [4.69, 9.17) is 9.47 Å². The van der Waals surface area contributed by atoms with Gasteiger partial charge in [0.25, 0.3) is 0 Å². The van der Waals surface area contributed by atoms with Crippen molar-refractivity contribution in [2.75, 3.05) is 13.2 Å². The van der Waals surface area contributed by atoms with E-state index in [1.54, 1.807) is 20.8 Å². The van der Waals surface area contributed by atoms with E-state index < -0.39 is 23.7 Å².